The molecule has 104 valence electrons. The second-order valence-electron chi connectivity index (χ2n) is 5.17. The number of aromatic amines is 1. The van der Waals surface area contributed by atoms with Crippen LogP contribution in [0, 0.1) is 0 Å². The molecule has 0 spiro atoms. The number of nitrogens with zero attached hydrogens (tertiary/aromatic N) is 1. The Morgan fingerprint density at radius 3 is 3.10 bits per heavy atom. The highest BCUT2D eigenvalue weighted by atomic mass is 16.1. The van der Waals surface area contributed by atoms with Crippen LogP contribution < -0.4 is 11.1 Å². The van der Waals surface area contributed by atoms with Crippen molar-refractivity contribution in [2.75, 3.05) is 5.73 Å². The zero-order valence-corrected chi connectivity index (χ0v) is 11.2. The van der Waals surface area contributed by atoms with E-state index in [2.05, 4.69) is 27.6 Å². The molecule has 0 radical (unpaired) electrons. The topological polar surface area (TPSA) is 83.8 Å². The Bertz CT molecular complexity index is 620. The summed E-state index contributed by atoms with van der Waals surface area (Å²) in [6, 6.07) is 8.21. The molecule has 0 bridgehead atoms. The number of aromatic nitrogens is 2. The summed E-state index contributed by atoms with van der Waals surface area (Å²) in [5.41, 5.74) is 8.99. The molecule has 1 amide bonds. The van der Waals surface area contributed by atoms with Gasteiger partial charge in [-0.1, -0.05) is 24.3 Å². The number of rotatable bonds is 3. The van der Waals surface area contributed by atoms with E-state index in [1.54, 1.807) is 6.20 Å². The van der Waals surface area contributed by atoms with Gasteiger partial charge in [-0.15, -0.1) is 0 Å². The summed E-state index contributed by atoms with van der Waals surface area (Å²) < 4.78 is 0. The molecule has 0 aliphatic heterocycles. The maximum absolute atomic E-state index is 12.4. The predicted octanol–water partition coefficient (Wildman–Crippen LogP) is 1.73. The number of anilines is 1. The first-order valence-electron chi connectivity index (χ1n) is 6.89. The van der Waals surface area contributed by atoms with Crippen LogP contribution in [-0.2, 0) is 17.8 Å². The molecule has 5 nitrogen and oxygen atoms in total. The lowest BCUT2D eigenvalue weighted by Gasteiger charge is -2.24. The minimum Gasteiger partial charge on any atom is -0.384 e. The molecule has 1 aromatic heterocycles. The Balaban J connectivity index is 1.71. The molecule has 1 heterocycles. The molecule has 0 saturated heterocycles. The summed E-state index contributed by atoms with van der Waals surface area (Å²) in [5.74, 6) is 0.528. The Hall–Kier alpha value is -2.30. The number of carbonyl (C=O) groups is 1. The third kappa shape index (κ3) is 2.39. The fourth-order valence-electron chi connectivity index (χ4n) is 2.79. The minimum atomic E-state index is -0.0481. The quantitative estimate of drug-likeness (QED) is 0.794. The Kier molecular flexibility index (Phi) is 3.41. The average Bonchev–Trinajstić information content (AvgIpc) is 2.89. The van der Waals surface area contributed by atoms with E-state index in [9.17, 15) is 4.79 Å². The van der Waals surface area contributed by atoms with E-state index >= 15 is 0 Å². The van der Waals surface area contributed by atoms with Crippen molar-refractivity contribution in [2.24, 2.45) is 0 Å². The first-order chi connectivity index (χ1) is 9.75. The van der Waals surface area contributed by atoms with E-state index in [4.69, 9.17) is 5.73 Å². The number of amides is 1. The van der Waals surface area contributed by atoms with Crippen LogP contribution in [0.1, 0.15) is 35.4 Å². The molecule has 1 aliphatic rings. The Labute approximate surface area is 117 Å². The zero-order chi connectivity index (χ0) is 13.9. The van der Waals surface area contributed by atoms with Gasteiger partial charge in [0.25, 0.3) is 0 Å². The van der Waals surface area contributed by atoms with Crippen molar-refractivity contribution in [1.82, 2.24) is 15.5 Å². The van der Waals surface area contributed by atoms with E-state index in [1.165, 1.54) is 5.56 Å². The molecule has 1 atom stereocenters. The monoisotopic (exact) mass is 270 g/mol. The van der Waals surface area contributed by atoms with Crippen LogP contribution in [0.4, 0.5) is 5.82 Å². The third-order valence-electron chi connectivity index (χ3n) is 3.89. The van der Waals surface area contributed by atoms with Gasteiger partial charge in [-0.25, -0.2) is 0 Å². The number of benzene rings is 1. The summed E-state index contributed by atoms with van der Waals surface area (Å²) in [6.45, 7) is 0.417. The normalized spacial score (nSPS) is 17.5. The van der Waals surface area contributed by atoms with Crippen molar-refractivity contribution in [3.05, 3.63) is 47.2 Å². The second-order valence-corrected chi connectivity index (χ2v) is 5.17. The van der Waals surface area contributed by atoms with Crippen LogP contribution in [0.3, 0.4) is 0 Å². The molecule has 0 saturated carbocycles. The smallest absolute Gasteiger partial charge is 0.227 e. The summed E-state index contributed by atoms with van der Waals surface area (Å²) in [6.07, 6.45) is 4.67. The molecule has 2 aromatic rings. The minimum absolute atomic E-state index is 0.0481. The fraction of sp³-hybridized carbons (Fsp3) is 0.333. The third-order valence-corrected chi connectivity index (χ3v) is 3.89. The molecule has 1 aliphatic carbocycles. The number of nitrogens with one attached hydrogen (secondary N) is 2. The number of hydrogen-bond donors (Lipinski definition) is 3. The van der Waals surface area contributed by atoms with Gasteiger partial charge >= 0.3 is 0 Å². The van der Waals surface area contributed by atoms with Gasteiger partial charge < -0.3 is 11.1 Å². The van der Waals surface area contributed by atoms with Crippen molar-refractivity contribution >= 4 is 11.7 Å². The second kappa shape index (κ2) is 5.36. The fourth-order valence-corrected chi connectivity index (χ4v) is 2.79. The maximum Gasteiger partial charge on any atom is 0.227 e. The summed E-state index contributed by atoms with van der Waals surface area (Å²) in [5, 5.41) is 9.47. The van der Waals surface area contributed by atoms with Gasteiger partial charge in [0.1, 0.15) is 5.82 Å². The number of carbonyl (C=O) groups excluding carboxylic acids is 1. The molecule has 4 N–H and O–H groups in total. The zero-order valence-electron chi connectivity index (χ0n) is 11.2. The van der Waals surface area contributed by atoms with Crippen molar-refractivity contribution in [1.29, 1.82) is 0 Å². The van der Waals surface area contributed by atoms with Gasteiger partial charge in [0.05, 0.1) is 12.1 Å². The summed E-state index contributed by atoms with van der Waals surface area (Å²) >= 11 is 0. The van der Waals surface area contributed by atoms with Crippen LogP contribution in [-0.4, -0.2) is 16.1 Å². The van der Waals surface area contributed by atoms with Crippen LogP contribution >= 0.6 is 0 Å². The van der Waals surface area contributed by atoms with E-state index in [0.29, 0.717) is 12.4 Å². The van der Waals surface area contributed by atoms with Gasteiger partial charge in [0.15, 0.2) is 0 Å². The average molecular weight is 270 g/mol. The standard InChI is InChI=1S/C15H18N4O/c16-14-11(9-18-19-14)8-17-15(20)13-7-3-5-10-4-1-2-6-12(10)13/h1-2,4,6,9,13H,3,5,7-8H2,(H,17,20)(H3,16,18,19). The van der Waals surface area contributed by atoms with Crippen molar-refractivity contribution in [3.8, 4) is 0 Å². The van der Waals surface area contributed by atoms with E-state index in [1.807, 2.05) is 12.1 Å². The Morgan fingerprint density at radius 1 is 1.45 bits per heavy atom. The van der Waals surface area contributed by atoms with Crippen molar-refractivity contribution < 1.29 is 4.79 Å². The predicted molar refractivity (Wildman–Crippen MR) is 77.0 cm³/mol. The summed E-state index contributed by atoms with van der Waals surface area (Å²) in [4.78, 5) is 12.4. The molecule has 1 aromatic carbocycles. The van der Waals surface area contributed by atoms with Gasteiger partial charge in [0, 0.05) is 12.1 Å². The van der Waals surface area contributed by atoms with Crippen LogP contribution in [0.2, 0.25) is 0 Å². The van der Waals surface area contributed by atoms with Crippen molar-refractivity contribution in [3.63, 3.8) is 0 Å². The van der Waals surface area contributed by atoms with Gasteiger partial charge in [0.2, 0.25) is 5.91 Å². The first-order valence-corrected chi connectivity index (χ1v) is 6.89. The number of aryl methyl sites for hydroxylation is 1. The van der Waals surface area contributed by atoms with Gasteiger partial charge in [-0.2, -0.15) is 5.10 Å². The Morgan fingerprint density at radius 2 is 2.30 bits per heavy atom. The van der Waals surface area contributed by atoms with Crippen LogP contribution in [0.15, 0.2) is 30.5 Å². The molecule has 3 rings (SSSR count). The largest absolute Gasteiger partial charge is 0.384 e. The van der Waals surface area contributed by atoms with E-state index in [0.717, 1.165) is 30.4 Å². The molecular formula is C15H18N4O. The molecule has 20 heavy (non-hydrogen) atoms. The molecule has 1 unspecified atom stereocenters. The molecule has 5 heteroatoms. The lowest BCUT2D eigenvalue weighted by Crippen LogP contribution is -2.31. The van der Waals surface area contributed by atoms with Crippen molar-refractivity contribution in [2.45, 2.75) is 31.7 Å². The highest BCUT2D eigenvalue weighted by molar-refractivity contribution is 5.84. The highest BCUT2D eigenvalue weighted by Gasteiger charge is 2.25. The number of nitrogen functional groups attached to an aromatic ring is 1. The number of nitrogens with two attached hydrogens (primary N) is 1. The number of fused-ring (bicyclic) bond motifs is 1. The van der Waals surface area contributed by atoms with Gasteiger partial charge in [-0.05, 0) is 30.4 Å². The number of hydrogen-bond acceptors (Lipinski definition) is 3. The SMILES string of the molecule is Nc1[nH]ncc1CNC(=O)C1CCCc2ccccc21. The lowest BCUT2D eigenvalue weighted by atomic mass is 9.82. The summed E-state index contributed by atoms with van der Waals surface area (Å²) in [7, 11) is 0. The first kappa shape index (κ1) is 12.7. The van der Waals surface area contributed by atoms with Crippen LogP contribution in [0.5, 0.6) is 0 Å². The number of H-pyrrole nitrogens is 1. The lowest BCUT2D eigenvalue weighted by molar-refractivity contribution is -0.123. The van der Waals surface area contributed by atoms with E-state index in [-0.39, 0.29) is 11.8 Å². The van der Waals surface area contributed by atoms with Gasteiger partial charge in [-0.3, -0.25) is 9.89 Å². The highest BCUT2D eigenvalue weighted by Crippen LogP contribution is 2.31. The van der Waals surface area contributed by atoms with Crippen LogP contribution in [0.25, 0.3) is 0 Å². The van der Waals surface area contributed by atoms with E-state index < -0.39 is 0 Å². The maximum atomic E-state index is 12.4. The molecule has 0 fully saturated rings. The molecular weight excluding hydrogens is 252 g/mol.